The largest absolute Gasteiger partial charge is 0.469 e. The average molecular weight is 287 g/mol. The number of hydrogen-bond acceptors (Lipinski definition) is 5. The van der Waals surface area contributed by atoms with Crippen LogP contribution in [0.15, 0.2) is 28.9 Å². The van der Waals surface area contributed by atoms with Gasteiger partial charge in [-0.25, -0.2) is 10.8 Å². The Hall–Kier alpha value is -1.43. The van der Waals surface area contributed by atoms with E-state index in [9.17, 15) is 0 Å². The van der Waals surface area contributed by atoms with E-state index in [2.05, 4.69) is 15.7 Å². The Morgan fingerprint density at radius 2 is 2.06 bits per heavy atom. The van der Waals surface area contributed by atoms with E-state index in [1.165, 1.54) is 0 Å². The number of anilines is 2. The SMILES string of the molecule is NNc1nc(NCCc2ccco2)c(Cl)cc1Cl. The van der Waals surface area contributed by atoms with Crippen molar-refractivity contribution < 1.29 is 4.42 Å². The third-order valence-electron chi connectivity index (χ3n) is 2.31. The molecule has 0 saturated heterocycles. The van der Waals surface area contributed by atoms with Crippen LogP contribution in [-0.4, -0.2) is 11.5 Å². The number of aromatic nitrogens is 1. The van der Waals surface area contributed by atoms with Gasteiger partial charge in [0.25, 0.3) is 0 Å². The van der Waals surface area contributed by atoms with Gasteiger partial charge in [-0.3, -0.25) is 0 Å². The van der Waals surface area contributed by atoms with Crippen LogP contribution in [0.4, 0.5) is 11.6 Å². The van der Waals surface area contributed by atoms with Crippen LogP contribution in [0, 0.1) is 0 Å². The van der Waals surface area contributed by atoms with Crippen LogP contribution in [0.5, 0.6) is 0 Å². The summed E-state index contributed by atoms with van der Waals surface area (Å²) < 4.78 is 5.22. The van der Waals surface area contributed by atoms with Crippen molar-refractivity contribution in [2.75, 3.05) is 17.3 Å². The molecule has 4 N–H and O–H groups in total. The maximum Gasteiger partial charge on any atom is 0.161 e. The van der Waals surface area contributed by atoms with Crippen LogP contribution < -0.4 is 16.6 Å². The van der Waals surface area contributed by atoms with Gasteiger partial charge in [-0.05, 0) is 18.2 Å². The minimum absolute atomic E-state index is 0.374. The van der Waals surface area contributed by atoms with E-state index in [0.717, 1.165) is 12.2 Å². The van der Waals surface area contributed by atoms with Gasteiger partial charge in [-0.1, -0.05) is 23.2 Å². The zero-order valence-corrected chi connectivity index (χ0v) is 10.9. The van der Waals surface area contributed by atoms with Gasteiger partial charge in [-0.15, -0.1) is 0 Å². The number of rotatable bonds is 5. The Balaban J connectivity index is 2.00. The Bertz CT molecular complexity index is 516. The maximum atomic E-state index is 6.02. The van der Waals surface area contributed by atoms with Gasteiger partial charge in [-0.2, -0.15) is 0 Å². The van der Waals surface area contributed by atoms with E-state index in [4.69, 9.17) is 33.5 Å². The van der Waals surface area contributed by atoms with E-state index in [1.54, 1.807) is 12.3 Å². The first-order valence-corrected chi connectivity index (χ1v) is 6.05. The number of nitrogens with two attached hydrogens (primary N) is 1. The molecule has 2 rings (SSSR count). The molecule has 0 aliphatic carbocycles. The number of nitrogen functional groups attached to an aromatic ring is 1. The fourth-order valence-corrected chi connectivity index (χ4v) is 1.93. The molecule has 0 aliphatic rings. The lowest BCUT2D eigenvalue weighted by Gasteiger charge is -2.10. The van der Waals surface area contributed by atoms with Crippen molar-refractivity contribution in [3.63, 3.8) is 0 Å². The third-order valence-corrected chi connectivity index (χ3v) is 2.89. The average Bonchev–Trinajstić information content (AvgIpc) is 2.85. The van der Waals surface area contributed by atoms with Gasteiger partial charge >= 0.3 is 0 Å². The molecule has 0 fully saturated rings. The summed E-state index contributed by atoms with van der Waals surface area (Å²) in [5, 5.41) is 3.91. The van der Waals surface area contributed by atoms with E-state index in [0.29, 0.717) is 28.2 Å². The zero-order valence-electron chi connectivity index (χ0n) is 9.41. The quantitative estimate of drug-likeness (QED) is 0.582. The summed E-state index contributed by atoms with van der Waals surface area (Å²) in [7, 11) is 0. The molecule has 0 atom stereocenters. The van der Waals surface area contributed by atoms with Crippen molar-refractivity contribution >= 4 is 34.8 Å². The Morgan fingerprint density at radius 3 is 2.72 bits per heavy atom. The summed E-state index contributed by atoms with van der Waals surface area (Å²) in [4.78, 5) is 4.17. The van der Waals surface area contributed by atoms with Crippen molar-refractivity contribution in [1.29, 1.82) is 0 Å². The lowest BCUT2D eigenvalue weighted by molar-refractivity contribution is 0.513. The molecular formula is C11H12Cl2N4O. The molecule has 2 aromatic heterocycles. The molecule has 7 heteroatoms. The van der Waals surface area contributed by atoms with Crippen molar-refractivity contribution in [2.45, 2.75) is 6.42 Å². The topological polar surface area (TPSA) is 76.1 Å². The van der Waals surface area contributed by atoms with Gasteiger partial charge in [0.1, 0.15) is 11.6 Å². The molecule has 0 aliphatic heterocycles. The number of nitrogens with one attached hydrogen (secondary N) is 2. The molecule has 0 spiro atoms. The second-order valence-electron chi connectivity index (χ2n) is 3.55. The van der Waals surface area contributed by atoms with E-state index < -0.39 is 0 Å². The normalized spacial score (nSPS) is 10.4. The van der Waals surface area contributed by atoms with Crippen LogP contribution in [0.25, 0.3) is 0 Å². The second kappa shape index (κ2) is 5.95. The summed E-state index contributed by atoms with van der Waals surface area (Å²) in [6.45, 7) is 0.645. The first kappa shape index (κ1) is 13.0. The van der Waals surface area contributed by atoms with Crippen LogP contribution in [0.2, 0.25) is 10.0 Å². The van der Waals surface area contributed by atoms with E-state index in [-0.39, 0.29) is 0 Å². The molecule has 0 unspecified atom stereocenters. The van der Waals surface area contributed by atoms with E-state index >= 15 is 0 Å². The van der Waals surface area contributed by atoms with Gasteiger partial charge in [0.15, 0.2) is 5.82 Å². The monoisotopic (exact) mass is 286 g/mol. The van der Waals surface area contributed by atoms with Gasteiger partial charge in [0.2, 0.25) is 0 Å². The fraction of sp³-hybridized carbons (Fsp3) is 0.182. The van der Waals surface area contributed by atoms with Crippen molar-refractivity contribution in [2.24, 2.45) is 5.84 Å². The third kappa shape index (κ3) is 3.07. The Morgan fingerprint density at radius 1 is 1.28 bits per heavy atom. The number of pyridine rings is 1. The van der Waals surface area contributed by atoms with Gasteiger partial charge in [0, 0.05) is 13.0 Å². The van der Waals surface area contributed by atoms with Crippen molar-refractivity contribution in [3.8, 4) is 0 Å². The minimum Gasteiger partial charge on any atom is -0.469 e. The summed E-state index contributed by atoms with van der Waals surface area (Å²) in [5.74, 6) is 7.09. The molecule has 2 aromatic rings. The zero-order chi connectivity index (χ0) is 13.0. The van der Waals surface area contributed by atoms with Gasteiger partial charge < -0.3 is 15.2 Å². The van der Waals surface area contributed by atoms with Crippen LogP contribution in [0.1, 0.15) is 5.76 Å². The molecule has 0 bridgehead atoms. The Labute approximate surface area is 114 Å². The van der Waals surface area contributed by atoms with Crippen LogP contribution >= 0.6 is 23.2 Å². The number of hydrogen-bond donors (Lipinski definition) is 3. The summed E-state index contributed by atoms with van der Waals surface area (Å²) in [5.41, 5.74) is 2.41. The highest BCUT2D eigenvalue weighted by molar-refractivity contribution is 6.37. The molecule has 18 heavy (non-hydrogen) atoms. The predicted molar refractivity (Wildman–Crippen MR) is 73.0 cm³/mol. The smallest absolute Gasteiger partial charge is 0.161 e. The summed E-state index contributed by atoms with van der Waals surface area (Å²) in [6, 6.07) is 5.34. The maximum absolute atomic E-state index is 6.02. The second-order valence-corrected chi connectivity index (χ2v) is 4.36. The standard InChI is InChI=1S/C11H12Cl2N4O/c12-8-6-9(13)11(17-14)16-10(8)15-4-3-7-2-1-5-18-7/h1-2,5-6H,3-4,14H2,(H2,15,16,17). The minimum atomic E-state index is 0.374. The number of hydrazine groups is 1. The molecule has 5 nitrogen and oxygen atoms in total. The summed E-state index contributed by atoms with van der Waals surface area (Å²) >= 11 is 11.9. The first-order chi connectivity index (χ1) is 8.70. The molecule has 0 saturated carbocycles. The Kier molecular flexibility index (Phi) is 4.30. The highest BCUT2D eigenvalue weighted by atomic mass is 35.5. The lowest BCUT2D eigenvalue weighted by atomic mass is 10.3. The molecule has 0 aromatic carbocycles. The number of halogens is 2. The van der Waals surface area contributed by atoms with Gasteiger partial charge in [0.05, 0.1) is 16.3 Å². The highest BCUT2D eigenvalue weighted by Crippen LogP contribution is 2.28. The molecule has 96 valence electrons. The fourth-order valence-electron chi connectivity index (χ4n) is 1.45. The molecule has 0 radical (unpaired) electrons. The highest BCUT2D eigenvalue weighted by Gasteiger charge is 2.08. The lowest BCUT2D eigenvalue weighted by Crippen LogP contribution is -2.12. The molecule has 2 heterocycles. The summed E-state index contributed by atoms with van der Waals surface area (Å²) in [6.07, 6.45) is 2.37. The van der Waals surface area contributed by atoms with Crippen molar-refractivity contribution in [1.82, 2.24) is 4.98 Å². The van der Waals surface area contributed by atoms with Crippen LogP contribution in [-0.2, 0) is 6.42 Å². The van der Waals surface area contributed by atoms with Crippen LogP contribution in [0.3, 0.4) is 0 Å². The number of furan rings is 1. The number of nitrogens with zero attached hydrogens (tertiary/aromatic N) is 1. The first-order valence-electron chi connectivity index (χ1n) is 5.29. The van der Waals surface area contributed by atoms with Crippen molar-refractivity contribution in [3.05, 3.63) is 40.3 Å². The molecule has 0 amide bonds. The predicted octanol–water partition coefficient (Wildman–Crippen LogP) is 2.92. The van der Waals surface area contributed by atoms with E-state index in [1.807, 2.05) is 12.1 Å². The molecular weight excluding hydrogens is 275 g/mol.